The van der Waals surface area contributed by atoms with Crippen LogP contribution >= 0.6 is 15.9 Å². The monoisotopic (exact) mass is 307 g/mol. The van der Waals surface area contributed by atoms with E-state index in [-0.39, 0.29) is 0 Å². The minimum absolute atomic E-state index is 0.577. The molecule has 1 unspecified atom stereocenters. The first-order chi connectivity index (χ1) is 8.75. The van der Waals surface area contributed by atoms with E-state index in [1.807, 2.05) is 0 Å². The SMILES string of the molecule is C[C@@H](NC1CCc2c(Br)cccc21)C1CCCC1. The Balaban J connectivity index is 1.70. The Labute approximate surface area is 118 Å². The zero-order valence-corrected chi connectivity index (χ0v) is 12.7. The molecular formula is C16H22BrN. The van der Waals surface area contributed by atoms with Gasteiger partial charge < -0.3 is 5.32 Å². The van der Waals surface area contributed by atoms with E-state index in [4.69, 9.17) is 0 Å². The lowest BCUT2D eigenvalue weighted by Crippen LogP contribution is -2.34. The van der Waals surface area contributed by atoms with Gasteiger partial charge in [-0.2, -0.15) is 0 Å². The number of hydrogen-bond acceptors (Lipinski definition) is 1. The maximum atomic E-state index is 3.88. The van der Waals surface area contributed by atoms with E-state index in [1.54, 1.807) is 0 Å². The molecule has 2 atom stereocenters. The Morgan fingerprint density at radius 1 is 1.22 bits per heavy atom. The smallest absolute Gasteiger partial charge is 0.0328 e. The van der Waals surface area contributed by atoms with Crippen LogP contribution < -0.4 is 5.32 Å². The fraction of sp³-hybridized carbons (Fsp3) is 0.625. The Kier molecular flexibility index (Phi) is 3.76. The second-order valence-corrected chi connectivity index (χ2v) is 6.75. The van der Waals surface area contributed by atoms with Crippen molar-refractivity contribution < 1.29 is 0 Å². The van der Waals surface area contributed by atoms with Crippen molar-refractivity contribution in [3.05, 3.63) is 33.8 Å². The maximum absolute atomic E-state index is 3.88. The zero-order chi connectivity index (χ0) is 12.5. The fourth-order valence-electron chi connectivity index (χ4n) is 3.69. The number of fused-ring (bicyclic) bond motifs is 1. The molecule has 2 aliphatic rings. The lowest BCUT2D eigenvalue weighted by Gasteiger charge is -2.25. The van der Waals surface area contributed by atoms with Crippen LogP contribution in [0.25, 0.3) is 0 Å². The van der Waals surface area contributed by atoms with E-state index in [9.17, 15) is 0 Å². The van der Waals surface area contributed by atoms with Gasteiger partial charge in [-0.3, -0.25) is 0 Å². The molecule has 0 bridgehead atoms. The number of halogens is 1. The third-order valence-electron chi connectivity index (χ3n) is 4.78. The first-order valence-electron chi connectivity index (χ1n) is 7.29. The minimum Gasteiger partial charge on any atom is -0.307 e. The van der Waals surface area contributed by atoms with Crippen LogP contribution in [0.1, 0.15) is 56.2 Å². The summed E-state index contributed by atoms with van der Waals surface area (Å²) in [6, 6.07) is 7.88. The average molecular weight is 308 g/mol. The van der Waals surface area contributed by atoms with Crippen LogP contribution in [0.2, 0.25) is 0 Å². The molecule has 1 aromatic carbocycles. The van der Waals surface area contributed by atoms with Crippen LogP contribution in [0.5, 0.6) is 0 Å². The van der Waals surface area contributed by atoms with Crippen LogP contribution in [0.4, 0.5) is 0 Å². The lowest BCUT2D eigenvalue weighted by molar-refractivity contribution is 0.342. The highest BCUT2D eigenvalue weighted by atomic mass is 79.9. The molecule has 1 nitrogen and oxygen atoms in total. The summed E-state index contributed by atoms with van der Waals surface area (Å²) >= 11 is 3.68. The topological polar surface area (TPSA) is 12.0 Å². The van der Waals surface area contributed by atoms with Crippen molar-refractivity contribution in [2.24, 2.45) is 5.92 Å². The van der Waals surface area contributed by atoms with Gasteiger partial charge >= 0.3 is 0 Å². The molecule has 0 aromatic heterocycles. The molecule has 1 saturated carbocycles. The predicted octanol–water partition coefficient (Wildman–Crippen LogP) is 4.60. The largest absolute Gasteiger partial charge is 0.307 e. The summed E-state index contributed by atoms with van der Waals surface area (Å²) in [5.41, 5.74) is 3.04. The van der Waals surface area contributed by atoms with E-state index in [0.29, 0.717) is 12.1 Å². The molecule has 0 radical (unpaired) electrons. The van der Waals surface area contributed by atoms with Gasteiger partial charge in [0.05, 0.1) is 0 Å². The van der Waals surface area contributed by atoms with Crippen molar-refractivity contribution in [1.82, 2.24) is 5.32 Å². The number of nitrogens with one attached hydrogen (secondary N) is 1. The summed E-state index contributed by atoms with van der Waals surface area (Å²) < 4.78 is 1.29. The molecule has 3 rings (SSSR count). The highest BCUT2D eigenvalue weighted by Gasteiger charge is 2.28. The minimum atomic E-state index is 0.577. The Morgan fingerprint density at radius 3 is 2.78 bits per heavy atom. The van der Waals surface area contributed by atoms with E-state index >= 15 is 0 Å². The van der Waals surface area contributed by atoms with E-state index in [2.05, 4.69) is 46.4 Å². The molecule has 1 fully saturated rings. The predicted molar refractivity (Wildman–Crippen MR) is 79.8 cm³/mol. The number of rotatable bonds is 3. The van der Waals surface area contributed by atoms with Crippen molar-refractivity contribution in [3.63, 3.8) is 0 Å². The van der Waals surface area contributed by atoms with Crippen LogP contribution in [0.3, 0.4) is 0 Å². The third kappa shape index (κ3) is 2.37. The molecule has 18 heavy (non-hydrogen) atoms. The third-order valence-corrected chi connectivity index (χ3v) is 5.53. The van der Waals surface area contributed by atoms with Gasteiger partial charge in [0, 0.05) is 16.6 Å². The Bertz CT molecular complexity index is 423. The molecule has 1 aromatic rings. The van der Waals surface area contributed by atoms with Gasteiger partial charge in [0.25, 0.3) is 0 Å². The van der Waals surface area contributed by atoms with E-state index in [1.165, 1.54) is 54.1 Å². The summed E-state index contributed by atoms with van der Waals surface area (Å²) in [6.45, 7) is 2.38. The molecule has 0 spiro atoms. The first kappa shape index (κ1) is 12.7. The van der Waals surface area contributed by atoms with Gasteiger partial charge in [-0.15, -0.1) is 0 Å². The molecule has 0 saturated heterocycles. The molecule has 0 heterocycles. The molecule has 0 amide bonds. The van der Waals surface area contributed by atoms with Crippen LogP contribution in [-0.4, -0.2) is 6.04 Å². The quantitative estimate of drug-likeness (QED) is 0.860. The standard InChI is InChI=1S/C16H22BrN/c1-11(12-5-2-3-6-12)18-16-10-9-13-14(16)7-4-8-15(13)17/h4,7-8,11-12,16,18H,2-3,5-6,9-10H2,1H3/t11-,16?/m1/s1. The highest BCUT2D eigenvalue weighted by Crippen LogP contribution is 2.37. The van der Waals surface area contributed by atoms with Crippen LogP contribution in [0.15, 0.2) is 22.7 Å². The van der Waals surface area contributed by atoms with Crippen molar-refractivity contribution in [1.29, 1.82) is 0 Å². The van der Waals surface area contributed by atoms with Gasteiger partial charge in [-0.25, -0.2) is 0 Å². The Hall–Kier alpha value is -0.340. The van der Waals surface area contributed by atoms with Crippen molar-refractivity contribution in [3.8, 4) is 0 Å². The van der Waals surface area contributed by atoms with Gasteiger partial charge in [0.1, 0.15) is 0 Å². The van der Waals surface area contributed by atoms with Gasteiger partial charge in [0.2, 0.25) is 0 Å². The fourth-order valence-corrected chi connectivity index (χ4v) is 4.27. The lowest BCUT2D eigenvalue weighted by atomic mass is 9.98. The van der Waals surface area contributed by atoms with E-state index in [0.717, 1.165) is 5.92 Å². The molecule has 1 N–H and O–H groups in total. The highest BCUT2D eigenvalue weighted by molar-refractivity contribution is 9.10. The molecular weight excluding hydrogens is 286 g/mol. The van der Waals surface area contributed by atoms with Gasteiger partial charge in [0.15, 0.2) is 0 Å². The van der Waals surface area contributed by atoms with Gasteiger partial charge in [-0.05, 0) is 55.7 Å². The molecule has 2 aliphatic carbocycles. The summed E-state index contributed by atoms with van der Waals surface area (Å²) in [4.78, 5) is 0. The van der Waals surface area contributed by atoms with Crippen molar-refractivity contribution in [2.45, 2.75) is 57.5 Å². The zero-order valence-electron chi connectivity index (χ0n) is 11.1. The number of benzene rings is 1. The second-order valence-electron chi connectivity index (χ2n) is 5.90. The van der Waals surface area contributed by atoms with Crippen molar-refractivity contribution >= 4 is 15.9 Å². The van der Waals surface area contributed by atoms with Crippen LogP contribution in [0, 0.1) is 5.92 Å². The maximum Gasteiger partial charge on any atom is 0.0328 e. The number of hydrogen-bond donors (Lipinski definition) is 1. The Morgan fingerprint density at radius 2 is 2.00 bits per heavy atom. The average Bonchev–Trinajstić information content (AvgIpc) is 2.99. The summed E-state index contributed by atoms with van der Waals surface area (Å²) in [5.74, 6) is 0.904. The first-order valence-corrected chi connectivity index (χ1v) is 8.08. The summed E-state index contributed by atoms with van der Waals surface area (Å²) in [7, 11) is 0. The summed E-state index contributed by atoms with van der Waals surface area (Å²) in [5, 5.41) is 3.88. The molecule has 98 valence electrons. The molecule has 2 heteroatoms. The summed E-state index contributed by atoms with van der Waals surface area (Å²) in [6.07, 6.45) is 8.19. The van der Waals surface area contributed by atoms with Crippen LogP contribution in [-0.2, 0) is 6.42 Å². The van der Waals surface area contributed by atoms with Crippen molar-refractivity contribution in [2.75, 3.05) is 0 Å². The molecule has 0 aliphatic heterocycles. The van der Waals surface area contributed by atoms with E-state index < -0.39 is 0 Å². The second kappa shape index (κ2) is 5.34. The normalized spacial score (nSPS) is 25.3. The van der Waals surface area contributed by atoms with Gasteiger partial charge in [-0.1, -0.05) is 40.9 Å².